The Morgan fingerprint density at radius 1 is 1.20 bits per heavy atom. The highest BCUT2D eigenvalue weighted by Gasteiger charge is 2.24. The summed E-state index contributed by atoms with van der Waals surface area (Å²) in [5, 5.41) is 19.2. The van der Waals surface area contributed by atoms with Gasteiger partial charge in [-0.25, -0.2) is 0 Å². The molecule has 1 aromatic carbocycles. The molecule has 1 aromatic rings. The Kier molecular flexibility index (Phi) is 4.49. The average molecular weight is 278 g/mol. The third kappa shape index (κ3) is 3.22. The van der Waals surface area contributed by atoms with E-state index in [1.807, 2.05) is 0 Å². The number of carbonyl (C=O) groups is 1. The van der Waals surface area contributed by atoms with Crippen LogP contribution in [0.2, 0.25) is 0 Å². The standard InChI is InChI=1S/C15H22N2O3/c1-11(2)10-16-6-8-17(9-7-16)15(20)12-4-3-5-13(18)14(12)19/h3-5,11,18-19H,6-10H2,1-2H3. The number of rotatable bonds is 3. The van der Waals surface area contributed by atoms with Crippen LogP contribution < -0.4 is 0 Å². The van der Waals surface area contributed by atoms with E-state index in [9.17, 15) is 15.0 Å². The number of hydrogen-bond donors (Lipinski definition) is 2. The molecule has 5 heteroatoms. The van der Waals surface area contributed by atoms with Crippen LogP contribution >= 0.6 is 0 Å². The fraction of sp³-hybridized carbons (Fsp3) is 0.533. The van der Waals surface area contributed by atoms with Crippen molar-refractivity contribution in [3.8, 4) is 11.5 Å². The van der Waals surface area contributed by atoms with E-state index in [4.69, 9.17) is 0 Å². The number of phenols is 2. The first-order chi connectivity index (χ1) is 9.49. The lowest BCUT2D eigenvalue weighted by Gasteiger charge is -2.35. The average Bonchev–Trinajstić information content (AvgIpc) is 2.41. The van der Waals surface area contributed by atoms with E-state index in [2.05, 4.69) is 18.7 Å². The SMILES string of the molecule is CC(C)CN1CCN(C(=O)c2cccc(O)c2O)CC1. The summed E-state index contributed by atoms with van der Waals surface area (Å²) < 4.78 is 0. The number of nitrogens with zero attached hydrogens (tertiary/aromatic N) is 2. The summed E-state index contributed by atoms with van der Waals surface area (Å²) in [5.41, 5.74) is 0.169. The van der Waals surface area contributed by atoms with E-state index in [1.54, 1.807) is 11.0 Å². The zero-order chi connectivity index (χ0) is 14.7. The lowest BCUT2D eigenvalue weighted by molar-refractivity contribution is 0.0620. The Morgan fingerprint density at radius 2 is 1.85 bits per heavy atom. The van der Waals surface area contributed by atoms with Gasteiger partial charge in [-0.15, -0.1) is 0 Å². The Hall–Kier alpha value is -1.75. The second-order valence-electron chi connectivity index (χ2n) is 5.66. The predicted octanol–water partition coefficient (Wildman–Crippen LogP) is 1.51. The third-order valence-corrected chi connectivity index (χ3v) is 3.53. The minimum atomic E-state index is -0.331. The molecule has 1 heterocycles. The van der Waals surface area contributed by atoms with E-state index in [1.165, 1.54) is 12.1 Å². The molecule has 2 rings (SSSR count). The van der Waals surface area contributed by atoms with Crippen LogP contribution in [0, 0.1) is 5.92 Å². The Labute approximate surface area is 119 Å². The van der Waals surface area contributed by atoms with Gasteiger partial charge in [-0.3, -0.25) is 9.69 Å². The molecule has 0 aliphatic carbocycles. The van der Waals surface area contributed by atoms with Crippen LogP contribution in [-0.4, -0.2) is 58.6 Å². The van der Waals surface area contributed by atoms with Crippen molar-refractivity contribution in [2.45, 2.75) is 13.8 Å². The van der Waals surface area contributed by atoms with Gasteiger partial charge in [0, 0.05) is 32.7 Å². The number of phenolic OH excluding ortho intramolecular Hbond substituents is 2. The normalized spacial score (nSPS) is 16.6. The molecule has 20 heavy (non-hydrogen) atoms. The molecule has 0 unspecified atom stereocenters. The summed E-state index contributed by atoms with van der Waals surface area (Å²) in [6.07, 6.45) is 0. The van der Waals surface area contributed by atoms with Gasteiger partial charge in [0.1, 0.15) is 0 Å². The maximum absolute atomic E-state index is 12.3. The number of aromatic hydroxyl groups is 2. The first-order valence-corrected chi connectivity index (χ1v) is 7.01. The van der Waals surface area contributed by atoms with Crippen molar-refractivity contribution < 1.29 is 15.0 Å². The van der Waals surface area contributed by atoms with Crippen LogP contribution in [0.4, 0.5) is 0 Å². The third-order valence-electron chi connectivity index (χ3n) is 3.53. The van der Waals surface area contributed by atoms with Crippen LogP contribution in [0.15, 0.2) is 18.2 Å². The highest BCUT2D eigenvalue weighted by atomic mass is 16.3. The number of piperazine rings is 1. The van der Waals surface area contributed by atoms with Gasteiger partial charge in [0.2, 0.25) is 0 Å². The first kappa shape index (κ1) is 14.7. The zero-order valence-electron chi connectivity index (χ0n) is 12.0. The van der Waals surface area contributed by atoms with Gasteiger partial charge in [-0.2, -0.15) is 0 Å². The van der Waals surface area contributed by atoms with Crippen LogP contribution in [0.5, 0.6) is 11.5 Å². The Balaban J connectivity index is 2.00. The smallest absolute Gasteiger partial charge is 0.257 e. The minimum absolute atomic E-state index is 0.169. The summed E-state index contributed by atoms with van der Waals surface area (Å²) >= 11 is 0. The molecule has 1 saturated heterocycles. The highest BCUT2D eigenvalue weighted by Crippen LogP contribution is 2.29. The Morgan fingerprint density at radius 3 is 2.45 bits per heavy atom. The Bertz CT molecular complexity index is 480. The summed E-state index contributed by atoms with van der Waals surface area (Å²) in [4.78, 5) is 16.4. The summed E-state index contributed by atoms with van der Waals surface area (Å²) in [7, 11) is 0. The van der Waals surface area contributed by atoms with E-state index in [0.29, 0.717) is 19.0 Å². The second kappa shape index (κ2) is 6.13. The number of benzene rings is 1. The largest absolute Gasteiger partial charge is 0.504 e. The van der Waals surface area contributed by atoms with Gasteiger partial charge in [-0.1, -0.05) is 19.9 Å². The molecule has 0 bridgehead atoms. The van der Waals surface area contributed by atoms with Crippen LogP contribution in [0.25, 0.3) is 0 Å². The van der Waals surface area contributed by atoms with Crippen LogP contribution in [0.1, 0.15) is 24.2 Å². The molecule has 0 aromatic heterocycles. The molecule has 110 valence electrons. The zero-order valence-corrected chi connectivity index (χ0v) is 12.0. The molecule has 1 aliphatic heterocycles. The van der Waals surface area contributed by atoms with Gasteiger partial charge in [0.15, 0.2) is 11.5 Å². The van der Waals surface area contributed by atoms with Gasteiger partial charge in [-0.05, 0) is 18.1 Å². The number of amides is 1. The molecule has 0 radical (unpaired) electrons. The molecule has 0 spiro atoms. The molecule has 1 amide bonds. The molecule has 0 saturated carbocycles. The molecule has 0 atom stereocenters. The minimum Gasteiger partial charge on any atom is -0.504 e. The van der Waals surface area contributed by atoms with Gasteiger partial charge >= 0.3 is 0 Å². The van der Waals surface area contributed by atoms with Crippen LogP contribution in [0.3, 0.4) is 0 Å². The highest BCUT2D eigenvalue weighted by molar-refractivity contribution is 5.97. The van der Waals surface area contributed by atoms with Crippen LogP contribution in [-0.2, 0) is 0 Å². The summed E-state index contributed by atoms with van der Waals surface area (Å²) in [6, 6.07) is 4.47. The number of carbonyl (C=O) groups excluding carboxylic acids is 1. The molecular weight excluding hydrogens is 256 g/mol. The van der Waals surface area contributed by atoms with E-state index < -0.39 is 0 Å². The number of hydrogen-bond acceptors (Lipinski definition) is 4. The van der Waals surface area contributed by atoms with E-state index in [-0.39, 0.29) is 23.0 Å². The van der Waals surface area contributed by atoms with Crippen molar-refractivity contribution in [3.05, 3.63) is 23.8 Å². The van der Waals surface area contributed by atoms with Crippen molar-refractivity contribution in [3.63, 3.8) is 0 Å². The van der Waals surface area contributed by atoms with Gasteiger partial charge < -0.3 is 15.1 Å². The molecular formula is C15H22N2O3. The lowest BCUT2D eigenvalue weighted by atomic mass is 10.1. The lowest BCUT2D eigenvalue weighted by Crippen LogP contribution is -2.49. The monoisotopic (exact) mass is 278 g/mol. The molecule has 5 nitrogen and oxygen atoms in total. The molecule has 1 aliphatic rings. The van der Waals surface area contributed by atoms with E-state index in [0.717, 1.165) is 19.6 Å². The van der Waals surface area contributed by atoms with Crippen molar-refractivity contribution in [2.24, 2.45) is 5.92 Å². The topological polar surface area (TPSA) is 64.0 Å². The number of para-hydroxylation sites is 1. The fourth-order valence-electron chi connectivity index (χ4n) is 2.52. The maximum Gasteiger partial charge on any atom is 0.257 e. The molecule has 1 fully saturated rings. The fourth-order valence-corrected chi connectivity index (χ4v) is 2.52. The molecule has 2 N–H and O–H groups in total. The maximum atomic E-state index is 12.3. The van der Waals surface area contributed by atoms with Gasteiger partial charge in [0.05, 0.1) is 5.56 Å². The quantitative estimate of drug-likeness (QED) is 0.823. The summed E-state index contributed by atoms with van der Waals surface area (Å²) in [5.74, 6) is -0.189. The van der Waals surface area contributed by atoms with Crippen molar-refractivity contribution in [1.29, 1.82) is 0 Å². The van der Waals surface area contributed by atoms with Crippen molar-refractivity contribution in [1.82, 2.24) is 9.80 Å². The summed E-state index contributed by atoms with van der Waals surface area (Å²) in [6.45, 7) is 8.42. The van der Waals surface area contributed by atoms with E-state index >= 15 is 0 Å². The van der Waals surface area contributed by atoms with Crippen molar-refractivity contribution in [2.75, 3.05) is 32.7 Å². The van der Waals surface area contributed by atoms with Gasteiger partial charge in [0.25, 0.3) is 5.91 Å². The van der Waals surface area contributed by atoms with Crippen molar-refractivity contribution >= 4 is 5.91 Å². The first-order valence-electron chi connectivity index (χ1n) is 7.01. The second-order valence-corrected chi connectivity index (χ2v) is 5.66. The predicted molar refractivity (Wildman–Crippen MR) is 77.0 cm³/mol.